The van der Waals surface area contributed by atoms with Crippen molar-refractivity contribution in [3.63, 3.8) is 0 Å². The van der Waals surface area contributed by atoms with Crippen LogP contribution in [0.15, 0.2) is 18.3 Å². The highest BCUT2D eigenvalue weighted by Gasteiger charge is 2.28. The Bertz CT molecular complexity index is 1420. The number of nitrogens with one attached hydrogen (secondary N) is 2. The van der Waals surface area contributed by atoms with E-state index in [4.69, 9.17) is 11.6 Å². The number of aromatic nitrogens is 4. The van der Waals surface area contributed by atoms with Crippen LogP contribution < -0.4 is 10.6 Å². The van der Waals surface area contributed by atoms with Crippen LogP contribution in [0.1, 0.15) is 36.6 Å². The number of nitriles is 2. The average Bonchev–Trinajstić information content (AvgIpc) is 3.57. The lowest BCUT2D eigenvalue weighted by Gasteiger charge is -2.38. The zero-order valence-corrected chi connectivity index (χ0v) is 20.2. The number of anilines is 3. The second-order valence-electron chi connectivity index (χ2n) is 8.99. The highest BCUT2D eigenvalue weighted by molar-refractivity contribution is 6.34. The van der Waals surface area contributed by atoms with Gasteiger partial charge in [0, 0.05) is 38.3 Å². The molecule has 0 radical (unpaired) electrons. The molecule has 12 nitrogen and oxygen atoms in total. The summed E-state index contributed by atoms with van der Waals surface area (Å²) < 4.78 is 1.42. The first-order valence-corrected chi connectivity index (χ1v) is 11.9. The number of fused-ring (bicyclic) bond motifs is 1. The third-order valence-corrected chi connectivity index (χ3v) is 6.72. The summed E-state index contributed by atoms with van der Waals surface area (Å²) in [6, 6.07) is 7.74. The van der Waals surface area contributed by atoms with Gasteiger partial charge in [-0.1, -0.05) is 11.6 Å². The van der Waals surface area contributed by atoms with Crippen LogP contribution in [-0.4, -0.2) is 72.3 Å². The molecule has 1 atom stereocenters. The van der Waals surface area contributed by atoms with E-state index in [0.29, 0.717) is 60.0 Å². The van der Waals surface area contributed by atoms with Crippen LogP contribution in [0.4, 0.5) is 22.2 Å². The Morgan fingerprint density at radius 1 is 1.28 bits per heavy atom. The minimum atomic E-state index is -0.928. The van der Waals surface area contributed by atoms with Gasteiger partial charge < -0.3 is 20.6 Å². The summed E-state index contributed by atoms with van der Waals surface area (Å²) in [6.07, 6.45) is 2.58. The van der Waals surface area contributed by atoms with Crippen molar-refractivity contribution < 1.29 is 9.90 Å². The molecule has 3 heterocycles. The second kappa shape index (κ2) is 9.49. The number of nitrogens with zero attached hydrogens (tertiary/aromatic N) is 8. The molecule has 184 valence electrons. The van der Waals surface area contributed by atoms with Gasteiger partial charge in [-0.2, -0.15) is 20.0 Å². The number of amides is 1. The molecule has 2 fully saturated rings. The monoisotopic (exact) mass is 506 g/mol. The van der Waals surface area contributed by atoms with Crippen LogP contribution in [0.2, 0.25) is 5.02 Å². The molecule has 0 bridgehead atoms. The number of rotatable bonds is 6. The van der Waals surface area contributed by atoms with E-state index >= 15 is 0 Å². The van der Waals surface area contributed by atoms with Crippen molar-refractivity contribution in [2.45, 2.75) is 38.4 Å². The van der Waals surface area contributed by atoms with Crippen molar-refractivity contribution in [2.24, 2.45) is 0 Å². The van der Waals surface area contributed by atoms with Crippen molar-refractivity contribution in [1.82, 2.24) is 29.4 Å². The third-order valence-electron chi connectivity index (χ3n) is 6.27. The summed E-state index contributed by atoms with van der Waals surface area (Å²) in [5, 5.41) is 39.7. The van der Waals surface area contributed by atoms with Gasteiger partial charge >= 0.3 is 6.09 Å². The largest absolute Gasteiger partial charge is 0.465 e. The number of carboxylic acid groups (broad SMARTS) is 1. The lowest BCUT2D eigenvalue weighted by molar-refractivity contribution is 0.0711. The van der Waals surface area contributed by atoms with E-state index in [1.165, 1.54) is 15.6 Å². The van der Waals surface area contributed by atoms with Crippen molar-refractivity contribution in [3.8, 4) is 12.1 Å². The number of hydrogen-bond acceptors (Lipinski definition) is 9. The summed E-state index contributed by atoms with van der Waals surface area (Å²) in [4.78, 5) is 23.7. The summed E-state index contributed by atoms with van der Waals surface area (Å²) in [5.41, 5.74) is 2.31. The van der Waals surface area contributed by atoms with Crippen LogP contribution in [0.3, 0.4) is 0 Å². The second-order valence-corrected chi connectivity index (χ2v) is 9.37. The Kier molecular flexibility index (Phi) is 6.22. The Labute approximate surface area is 211 Å². The molecule has 3 N–H and O–H groups in total. The molecular weight excluding hydrogens is 484 g/mol. The standard InChI is InChI=1S/C23H23ClN10O2/c1-13-11-32(4-5-33(13)23(35)36)12-15-6-14(8-25)7-18(19(15)24)29-22-30-20(28-16-2-3-16)21-27-10-17(9-26)34(21)31-22/h6-7,10,13,16H,2-5,11-12H2,1H3,(H,35,36)(H2,28,29,30,31). The molecule has 0 spiro atoms. The van der Waals surface area contributed by atoms with Crippen molar-refractivity contribution in [1.29, 1.82) is 10.5 Å². The first kappa shape index (κ1) is 23.6. The summed E-state index contributed by atoms with van der Waals surface area (Å²) in [6.45, 7) is 3.83. The predicted octanol–water partition coefficient (Wildman–Crippen LogP) is 3.02. The molecule has 1 unspecified atom stereocenters. The maximum absolute atomic E-state index is 11.4. The zero-order valence-electron chi connectivity index (χ0n) is 19.4. The van der Waals surface area contributed by atoms with Crippen molar-refractivity contribution in [3.05, 3.63) is 40.2 Å². The molecule has 3 aromatic rings. The Hall–Kier alpha value is -4.13. The van der Waals surface area contributed by atoms with Gasteiger partial charge in [0.2, 0.25) is 5.95 Å². The Balaban J connectivity index is 1.44. The van der Waals surface area contributed by atoms with Gasteiger partial charge in [-0.05, 0) is 37.5 Å². The minimum absolute atomic E-state index is 0.159. The quantitative estimate of drug-likeness (QED) is 0.453. The van der Waals surface area contributed by atoms with Gasteiger partial charge in [0.15, 0.2) is 17.2 Å². The van der Waals surface area contributed by atoms with Gasteiger partial charge in [0.25, 0.3) is 0 Å². The molecule has 2 aromatic heterocycles. The van der Waals surface area contributed by atoms with E-state index in [1.54, 1.807) is 12.1 Å². The maximum atomic E-state index is 11.4. The highest BCUT2D eigenvalue weighted by atomic mass is 35.5. The number of imidazole rings is 1. The normalized spacial score (nSPS) is 18.0. The van der Waals surface area contributed by atoms with Crippen LogP contribution in [0.5, 0.6) is 0 Å². The number of carbonyl (C=O) groups is 1. The van der Waals surface area contributed by atoms with Crippen LogP contribution >= 0.6 is 11.6 Å². The zero-order chi connectivity index (χ0) is 25.4. The molecule has 1 saturated carbocycles. The summed E-state index contributed by atoms with van der Waals surface area (Å²) >= 11 is 6.77. The van der Waals surface area contributed by atoms with E-state index in [0.717, 1.165) is 18.4 Å². The molecule has 13 heteroatoms. The molecular formula is C23H23ClN10O2. The smallest absolute Gasteiger partial charge is 0.407 e. The van der Waals surface area contributed by atoms with Gasteiger partial charge in [-0.25, -0.2) is 9.78 Å². The van der Waals surface area contributed by atoms with Crippen molar-refractivity contribution in [2.75, 3.05) is 30.3 Å². The highest BCUT2D eigenvalue weighted by Crippen LogP contribution is 2.32. The topological polar surface area (TPSA) is 158 Å². The Morgan fingerprint density at radius 3 is 2.75 bits per heavy atom. The van der Waals surface area contributed by atoms with E-state index in [9.17, 15) is 20.4 Å². The minimum Gasteiger partial charge on any atom is -0.465 e. The van der Waals surface area contributed by atoms with Gasteiger partial charge in [-0.15, -0.1) is 5.10 Å². The van der Waals surface area contributed by atoms with Crippen molar-refractivity contribution >= 4 is 40.8 Å². The number of halogens is 1. The first-order valence-electron chi connectivity index (χ1n) is 11.5. The fourth-order valence-corrected chi connectivity index (χ4v) is 4.52. The molecule has 5 rings (SSSR count). The molecule has 2 aliphatic rings. The predicted molar refractivity (Wildman–Crippen MR) is 131 cm³/mol. The van der Waals surface area contributed by atoms with Crippen LogP contribution in [0, 0.1) is 22.7 Å². The molecule has 1 aliphatic heterocycles. The van der Waals surface area contributed by atoms with Gasteiger partial charge in [0.1, 0.15) is 6.07 Å². The van der Waals surface area contributed by atoms with E-state index in [1.807, 2.05) is 6.92 Å². The number of piperazine rings is 1. The molecule has 36 heavy (non-hydrogen) atoms. The van der Waals surface area contributed by atoms with Gasteiger partial charge in [0.05, 0.1) is 28.5 Å². The fraction of sp³-hybridized carbons (Fsp3) is 0.391. The molecule has 1 saturated heterocycles. The molecule has 1 aliphatic carbocycles. The molecule has 1 amide bonds. The Morgan fingerprint density at radius 2 is 2.08 bits per heavy atom. The first-order chi connectivity index (χ1) is 17.4. The lowest BCUT2D eigenvalue weighted by Crippen LogP contribution is -2.53. The van der Waals surface area contributed by atoms with E-state index in [2.05, 4.69) is 42.7 Å². The van der Waals surface area contributed by atoms with E-state index in [-0.39, 0.29) is 17.7 Å². The number of hydrogen-bond donors (Lipinski definition) is 3. The van der Waals surface area contributed by atoms with Crippen LogP contribution in [0.25, 0.3) is 5.65 Å². The van der Waals surface area contributed by atoms with E-state index < -0.39 is 6.09 Å². The van der Waals surface area contributed by atoms with Crippen LogP contribution in [-0.2, 0) is 6.54 Å². The number of benzene rings is 1. The van der Waals surface area contributed by atoms with Gasteiger partial charge in [-0.3, -0.25) is 4.90 Å². The third kappa shape index (κ3) is 4.69. The lowest BCUT2D eigenvalue weighted by atomic mass is 10.1. The fourth-order valence-electron chi connectivity index (χ4n) is 4.31. The average molecular weight is 507 g/mol. The molecule has 1 aromatic carbocycles. The summed E-state index contributed by atoms with van der Waals surface area (Å²) in [5.74, 6) is 0.710. The SMILES string of the molecule is CC1CN(Cc2cc(C#N)cc(Nc3nc(NC4CC4)c4ncc(C#N)n4n3)c2Cl)CCN1C(=O)O. The summed E-state index contributed by atoms with van der Waals surface area (Å²) in [7, 11) is 0. The maximum Gasteiger partial charge on any atom is 0.407 e.